The summed E-state index contributed by atoms with van der Waals surface area (Å²) in [5.41, 5.74) is 8.76. The second-order valence-electron chi connectivity index (χ2n) is 6.70. The van der Waals surface area contributed by atoms with Crippen molar-refractivity contribution < 1.29 is 9.66 Å². The molecule has 2 aliphatic rings. The summed E-state index contributed by atoms with van der Waals surface area (Å²) >= 11 is 0. The molecule has 2 aromatic rings. The first-order chi connectivity index (χ1) is 15.1. The van der Waals surface area contributed by atoms with Gasteiger partial charge in [-0.3, -0.25) is 10.1 Å². The Balaban J connectivity index is 1.76. The molecule has 0 fully saturated rings. The lowest BCUT2D eigenvalue weighted by Crippen LogP contribution is -2.10. The smallest absolute Gasteiger partial charge is 0.271 e. The molecule has 4 rings (SSSR count). The Kier molecular flexibility index (Phi) is 5.37. The molecule has 31 heavy (non-hydrogen) atoms. The molecule has 0 saturated carbocycles. The number of methoxy groups -OCH3 is 1. The fourth-order valence-electron chi connectivity index (χ4n) is 3.08. The maximum atomic E-state index is 11.2. The molecule has 0 unspecified atom stereocenters. The lowest BCUT2D eigenvalue weighted by molar-refractivity contribution is -0.384. The van der Waals surface area contributed by atoms with Crippen molar-refractivity contribution in [2.75, 3.05) is 17.7 Å². The van der Waals surface area contributed by atoms with Crippen molar-refractivity contribution in [3.8, 4) is 12.3 Å². The summed E-state index contributed by atoms with van der Waals surface area (Å²) in [4.78, 5) is 19.9. The number of aromatic nitrogens is 2. The fourth-order valence-corrected chi connectivity index (χ4v) is 3.08. The zero-order chi connectivity index (χ0) is 21.8. The Morgan fingerprint density at radius 1 is 1.19 bits per heavy atom. The minimum absolute atomic E-state index is 0.0603. The average Bonchev–Trinajstić information content (AvgIpc) is 2.79. The van der Waals surface area contributed by atoms with Crippen molar-refractivity contribution in [2.45, 2.75) is 12.8 Å². The molecule has 1 aromatic carbocycles. The highest BCUT2D eigenvalue weighted by atomic mass is 16.6. The molecule has 2 N–H and O–H groups in total. The van der Waals surface area contributed by atoms with Gasteiger partial charge in [0, 0.05) is 35.9 Å². The minimum atomic E-state index is -0.466. The lowest BCUT2D eigenvalue weighted by atomic mass is 10.1. The second kappa shape index (κ2) is 8.44. The molecule has 0 atom stereocenters. The number of hydrogen-bond acceptors (Lipinski definition) is 7. The van der Waals surface area contributed by atoms with Crippen molar-refractivity contribution in [2.24, 2.45) is 0 Å². The number of nitrogens with zero attached hydrogens (tertiary/aromatic N) is 3. The topological polar surface area (TPSA) is 102 Å². The van der Waals surface area contributed by atoms with E-state index in [2.05, 4.69) is 38.0 Å². The van der Waals surface area contributed by atoms with E-state index >= 15 is 0 Å². The van der Waals surface area contributed by atoms with E-state index in [0.29, 0.717) is 33.9 Å². The highest BCUT2D eigenvalue weighted by Crippen LogP contribution is 2.28. The Morgan fingerprint density at radius 3 is 2.71 bits per heavy atom. The highest BCUT2D eigenvalue weighted by Gasteiger charge is 2.16. The predicted molar refractivity (Wildman–Crippen MR) is 118 cm³/mol. The molecule has 0 radical (unpaired) electrons. The van der Waals surface area contributed by atoms with Crippen LogP contribution in [0, 0.1) is 22.5 Å². The van der Waals surface area contributed by atoms with Gasteiger partial charge in [-0.05, 0) is 36.4 Å². The summed E-state index contributed by atoms with van der Waals surface area (Å²) in [6, 6.07) is 4.37. The molecule has 0 spiro atoms. The number of hydrogen-bond donors (Lipinski definition) is 2. The third kappa shape index (κ3) is 4.39. The number of rotatable bonds is 6. The third-order valence-corrected chi connectivity index (χ3v) is 4.67. The van der Waals surface area contributed by atoms with Crippen molar-refractivity contribution in [1.82, 2.24) is 9.97 Å². The van der Waals surface area contributed by atoms with Crippen molar-refractivity contribution >= 4 is 28.4 Å². The molecule has 0 amide bonds. The average molecular weight is 411 g/mol. The SMILES string of the molecule is C#CC1=CC(Nc2nc3cc([N+](=O)[O-])ccc3nc2NC2=CC=C(OC)CC2)=C=C=C1. The number of ether oxygens (including phenoxy) is 1. The number of fused-ring (bicyclic) bond motifs is 1. The van der Waals surface area contributed by atoms with Crippen LogP contribution in [0.4, 0.5) is 17.3 Å². The van der Waals surface area contributed by atoms with Gasteiger partial charge in [0.05, 0.1) is 34.5 Å². The summed E-state index contributed by atoms with van der Waals surface area (Å²) in [5.74, 6) is 4.30. The summed E-state index contributed by atoms with van der Waals surface area (Å²) in [7, 11) is 1.64. The summed E-state index contributed by atoms with van der Waals surface area (Å²) in [5, 5.41) is 17.6. The Labute approximate surface area is 178 Å². The third-order valence-electron chi connectivity index (χ3n) is 4.67. The van der Waals surface area contributed by atoms with Crippen LogP contribution in [0.25, 0.3) is 11.0 Å². The summed E-state index contributed by atoms with van der Waals surface area (Å²) in [6.07, 6.45) is 14.2. The van der Waals surface area contributed by atoms with Crippen LogP contribution in [0.5, 0.6) is 0 Å². The number of allylic oxidation sites excluding steroid dienone is 7. The van der Waals surface area contributed by atoms with Gasteiger partial charge in [-0.2, -0.15) is 0 Å². The lowest BCUT2D eigenvalue weighted by Gasteiger charge is -2.18. The van der Waals surface area contributed by atoms with E-state index in [-0.39, 0.29) is 5.69 Å². The number of terminal acetylenes is 1. The van der Waals surface area contributed by atoms with Crippen LogP contribution in [0.3, 0.4) is 0 Å². The van der Waals surface area contributed by atoms with Gasteiger partial charge in [0.15, 0.2) is 11.6 Å². The standard InChI is InChI=1S/C23H17N5O3/c1-3-15-5-4-6-17(13-15)25-23-22(24-16-7-10-19(31-2)11-8-16)26-20-12-9-18(28(29)30)14-21(20)27-23/h1,5,7,9-10,12-14H,8,11H2,2H3,(H,24,26)(H,25,27). The number of anilines is 2. The summed E-state index contributed by atoms with van der Waals surface area (Å²) < 4.78 is 5.27. The monoisotopic (exact) mass is 411 g/mol. The Hall–Kier alpha value is -4.56. The maximum Gasteiger partial charge on any atom is 0.271 e. The van der Waals surface area contributed by atoms with Gasteiger partial charge in [-0.15, -0.1) is 6.42 Å². The first-order valence-electron chi connectivity index (χ1n) is 9.39. The molecular formula is C23H17N5O3. The Morgan fingerprint density at radius 2 is 2.00 bits per heavy atom. The molecule has 1 heterocycles. The van der Waals surface area contributed by atoms with Crippen LogP contribution < -0.4 is 10.6 Å². The van der Waals surface area contributed by atoms with Crippen LogP contribution in [0.15, 0.2) is 76.7 Å². The van der Waals surface area contributed by atoms with Crippen LogP contribution in [0.1, 0.15) is 12.8 Å². The van der Waals surface area contributed by atoms with Crippen LogP contribution in [-0.2, 0) is 4.74 Å². The fraction of sp³-hybridized carbons (Fsp3) is 0.130. The quantitative estimate of drug-likeness (QED) is 0.316. The van der Waals surface area contributed by atoms with Crippen molar-refractivity contribution in [3.63, 3.8) is 0 Å². The zero-order valence-electron chi connectivity index (χ0n) is 16.6. The normalized spacial score (nSPS) is 14.7. The van der Waals surface area contributed by atoms with Crippen LogP contribution in [0.2, 0.25) is 0 Å². The molecule has 8 nitrogen and oxygen atoms in total. The molecule has 0 saturated heterocycles. The minimum Gasteiger partial charge on any atom is -0.501 e. The van der Waals surface area contributed by atoms with Gasteiger partial charge in [0.25, 0.3) is 5.69 Å². The van der Waals surface area contributed by atoms with E-state index in [0.717, 1.165) is 24.3 Å². The van der Waals surface area contributed by atoms with Gasteiger partial charge >= 0.3 is 0 Å². The van der Waals surface area contributed by atoms with Gasteiger partial charge < -0.3 is 15.4 Å². The number of benzene rings is 1. The van der Waals surface area contributed by atoms with E-state index in [9.17, 15) is 10.1 Å². The number of nitro groups is 1. The maximum absolute atomic E-state index is 11.2. The number of non-ortho nitro benzene ring substituents is 1. The van der Waals surface area contributed by atoms with Gasteiger partial charge in [-0.1, -0.05) is 11.7 Å². The molecule has 2 aliphatic carbocycles. The van der Waals surface area contributed by atoms with Gasteiger partial charge in [0.2, 0.25) is 0 Å². The summed E-state index contributed by atoms with van der Waals surface area (Å²) in [6.45, 7) is 0. The number of nitro benzene ring substituents is 1. The molecule has 152 valence electrons. The first-order valence-corrected chi connectivity index (χ1v) is 9.39. The molecule has 1 aromatic heterocycles. The number of nitrogens with one attached hydrogen (secondary N) is 2. The molecule has 0 aliphatic heterocycles. The van der Waals surface area contributed by atoms with E-state index < -0.39 is 4.92 Å². The molecule has 0 bridgehead atoms. The van der Waals surface area contributed by atoms with Crippen LogP contribution >= 0.6 is 0 Å². The van der Waals surface area contributed by atoms with E-state index in [4.69, 9.17) is 11.2 Å². The van der Waals surface area contributed by atoms with E-state index in [1.54, 1.807) is 25.3 Å². The highest BCUT2D eigenvalue weighted by molar-refractivity contribution is 5.83. The van der Waals surface area contributed by atoms with Gasteiger partial charge in [0.1, 0.15) is 0 Å². The largest absolute Gasteiger partial charge is 0.501 e. The van der Waals surface area contributed by atoms with Crippen LogP contribution in [-0.4, -0.2) is 22.0 Å². The molecular weight excluding hydrogens is 394 g/mol. The van der Waals surface area contributed by atoms with E-state index in [1.807, 2.05) is 12.2 Å². The second-order valence-corrected chi connectivity index (χ2v) is 6.70. The van der Waals surface area contributed by atoms with Crippen molar-refractivity contribution in [3.05, 3.63) is 86.8 Å². The van der Waals surface area contributed by atoms with Gasteiger partial charge in [-0.25, -0.2) is 9.97 Å². The zero-order valence-corrected chi connectivity index (χ0v) is 16.6. The first kappa shape index (κ1) is 19.7. The molecule has 8 heteroatoms. The Bertz CT molecular complexity index is 1330. The predicted octanol–water partition coefficient (Wildman–Crippen LogP) is 4.34. The van der Waals surface area contributed by atoms with E-state index in [1.165, 1.54) is 12.1 Å². The van der Waals surface area contributed by atoms with Crippen molar-refractivity contribution in [1.29, 1.82) is 0 Å².